The molecule has 0 saturated heterocycles. The number of aromatic amines is 1. The number of ether oxygens (including phenoxy) is 1. The molecule has 0 aliphatic heterocycles. The fraction of sp³-hybridized carbons (Fsp3) is 0.733. The monoisotopic (exact) mass is 353 g/mol. The van der Waals surface area contributed by atoms with Crippen LogP contribution in [0.4, 0.5) is 0 Å². The van der Waals surface area contributed by atoms with Gasteiger partial charge in [0, 0.05) is 12.6 Å². The third-order valence-electron chi connectivity index (χ3n) is 3.34. The SMILES string of the molecule is CCCCCCCCOC(=O)[C@H](Cc1c[nH]cn1)NC.Cl.Cl. The van der Waals surface area contributed by atoms with E-state index in [1.807, 2.05) is 0 Å². The minimum atomic E-state index is -0.321. The van der Waals surface area contributed by atoms with E-state index < -0.39 is 0 Å². The Morgan fingerprint density at radius 3 is 2.55 bits per heavy atom. The van der Waals surface area contributed by atoms with Crippen LogP contribution in [-0.2, 0) is 16.0 Å². The molecular formula is C15H29Cl2N3O2. The maximum absolute atomic E-state index is 11.9. The number of hydrogen-bond acceptors (Lipinski definition) is 4. The lowest BCUT2D eigenvalue weighted by Gasteiger charge is -2.14. The van der Waals surface area contributed by atoms with E-state index in [4.69, 9.17) is 4.74 Å². The lowest BCUT2D eigenvalue weighted by Crippen LogP contribution is -2.37. The number of hydrogen-bond donors (Lipinski definition) is 2. The summed E-state index contributed by atoms with van der Waals surface area (Å²) in [5.74, 6) is -0.191. The molecule has 1 atom stereocenters. The van der Waals surface area contributed by atoms with Gasteiger partial charge in [0.25, 0.3) is 0 Å². The summed E-state index contributed by atoms with van der Waals surface area (Å²) >= 11 is 0. The third-order valence-corrected chi connectivity index (χ3v) is 3.34. The Morgan fingerprint density at radius 2 is 1.95 bits per heavy atom. The number of nitrogens with zero attached hydrogens (tertiary/aromatic N) is 1. The molecule has 5 nitrogen and oxygen atoms in total. The first-order chi connectivity index (χ1) is 9.77. The topological polar surface area (TPSA) is 67.0 Å². The Kier molecular flexibility index (Phi) is 16.2. The Bertz CT molecular complexity index is 362. The summed E-state index contributed by atoms with van der Waals surface area (Å²) in [5.41, 5.74) is 0.862. The van der Waals surface area contributed by atoms with E-state index >= 15 is 0 Å². The van der Waals surface area contributed by atoms with E-state index in [2.05, 4.69) is 22.2 Å². The van der Waals surface area contributed by atoms with Crippen molar-refractivity contribution in [3.8, 4) is 0 Å². The van der Waals surface area contributed by atoms with Gasteiger partial charge in [0.2, 0.25) is 0 Å². The van der Waals surface area contributed by atoms with Crippen molar-refractivity contribution in [2.24, 2.45) is 0 Å². The number of unbranched alkanes of at least 4 members (excludes halogenated alkanes) is 5. The van der Waals surface area contributed by atoms with Crippen molar-refractivity contribution in [2.75, 3.05) is 13.7 Å². The summed E-state index contributed by atoms with van der Waals surface area (Å²) in [5, 5.41) is 2.98. The lowest BCUT2D eigenvalue weighted by atomic mass is 10.1. The van der Waals surface area contributed by atoms with Gasteiger partial charge >= 0.3 is 5.97 Å². The molecule has 0 spiro atoms. The molecule has 0 unspecified atom stereocenters. The molecule has 1 aromatic rings. The predicted molar refractivity (Wildman–Crippen MR) is 94.0 cm³/mol. The van der Waals surface area contributed by atoms with E-state index in [1.165, 1.54) is 25.7 Å². The molecule has 0 aliphatic rings. The Labute approximate surface area is 145 Å². The molecule has 0 fully saturated rings. The average molecular weight is 354 g/mol. The van der Waals surface area contributed by atoms with Crippen LogP contribution in [0.3, 0.4) is 0 Å². The third kappa shape index (κ3) is 10.0. The van der Waals surface area contributed by atoms with Crippen molar-refractivity contribution in [1.29, 1.82) is 0 Å². The molecule has 22 heavy (non-hydrogen) atoms. The fourth-order valence-corrected chi connectivity index (χ4v) is 2.07. The van der Waals surface area contributed by atoms with E-state index in [-0.39, 0.29) is 36.8 Å². The van der Waals surface area contributed by atoms with E-state index in [0.29, 0.717) is 13.0 Å². The van der Waals surface area contributed by atoms with Gasteiger partial charge in [-0.3, -0.25) is 4.79 Å². The van der Waals surface area contributed by atoms with Crippen molar-refractivity contribution >= 4 is 30.8 Å². The maximum atomic E-state index is 11.9. The summed E-state index contributed by atoms with van der Waals surface area (Å²) in [6, 6.07) is -0.321. The second-order valence-electron chi connectivity index (χ2n) is 5.04. The van der Waals surface area contributed by atoms with Crippen molar-refractivity contribution in [3.63, 3.8) is 0 Å². The van der Waals surface area contributed by atoms with Gasteiger partial charge in [-0.2, -0.15) is 0 Å². The predicted octanol–water partition coefficient (Wildman–Crippen LogP) is 3.29. The summed E-state index contributed by atoms with van der Waals surface area (Å²) in [6.45, 7) is 2.72. The zero-order valence-corrected chi connectivity index (χ0v) is 15.1. The number of H-pyrrole nitrogens is 1. The highest BCUT2D eigenvalue weighted by Crippen LogP contribution is 2.06. The van der Waals surface area contributed by atoms with Crippen LogP contribution in [0.5, 0.6) is 0 Å². The van der Waals surface area contributed by atoms with Crippen molar-refractivity contribution < 1.29 is 9.53 Å². The van der Waals surface area contributed by atoms with Gasteiger partial charge < -0.3 is 15.0 Å². The second kappa shape index (κ2) is 15.1. The van der Waals surface area contributed by atoms with Gasteiger partial charge in [0.1, 0.15) is 6.04 Å². The molecule has 0 aromatic carbocycles. The van der Waals surface area contributed by atoms with Gasteiger partial charge in [-0.05, 0) is 13.5 Å². The number of nitrogens with one attached hydrogen (secondary N) is 2. The van der Waals surface area contributed by atoms with E-state index in [1.54, 1.807) is 19.6 Å². The minimum absolute atomic E-state index is 0. The Hall–Kier alpha value is -0.780. The molecule has 1 aromatic heterocycles. The van der Waals surface area contributed by atoms with E-state index in [0.717, 1.165) is 18.5 Å². The first-order valence-electron chi connectivity index (χ1n) is 7.59. The van der Waals surface area contributed by atoms with Crippen LogP contribution in [0.1, 0.15) is 51.1 Å². The number of imidazole rings is 1. The zero-order chi connectivity index (χ0) is 14.6. The minimum Gasteiger partial charge on any atom is -0.465 e. The average Bonchev–Trinajstić information content (AvgIpc) is 2.96. The van der Waals surface area contributed by atoms with Crippen LogP contribution in [0.25, 0.3) is 0 Å². The highest BCUT2D eigenvalue weighted by Gasteiger charge is 2.19. The summed E-state index contributed by atoms with van der Waals surface area (Å²) in [7, 11) is 1.77. The molecule has 130 valence electrons. The maximum Gasteiger partial charge on any atom is 0.323 e. The van der Waals surface area contributed by atoms with Crippen molar-refractivity contribution in [2.45, 2.75) is 57.9 Å². The molecule has 0 aliphatic carbocycles. The Morgan fingerprint density at radius 1 is 1.27 bits per heavy atom. The van der Waals surface area contributed by atoms with Crippen LogP contribution in [0, 0.1) is 0 Å². The first-order valence-corrected chi connectivity index (χ1v) is 7.59. The highest BCUT2D eigenvalue weighted by atomic mass is 35.5. The van der Waals surface area contributed by atoms with Crippen LogP contribution in [-0.4, -0.2) is 35.6 Å². The standard InChI is InChI=1S/C15H27N3O2.2ClH/c1-3-4-5-6-7-8-9-20-15(19)14(16-2)10-13-11-17-12-18-13;;/h11-12,14,16H,3-10H2,1-2H3,(H,17,18);2*1H/t14-;;/m0../s1. The number of likely N-dealkylation sites (N-methyl/N-ethyl adjacent to an activating group) is 1. The number of carbonyl (C=O) groups excluding carboxylic acids is 1. The molecule has 7 heteroatoms. The van der Waals surface area contributed by atoms with Gasteiger partial charge in [0.05, 0.1) is 18.6 Å². The normalized spacial score (nSPS) is 11.2. The smallest absolute Gasteiger partial charge is 0.323 e. The molecular weight excluding hydrogens is 325 g/mol. The van der Waals surface area contributed by atoms with Gasteiger partial charge in [-0.15, -0.1) is 24.8 Å². The lowest BCUT2D eigenvalue weighted by molar-refractivity contribution is -0.146. The summed E-state index contributed by atoms with van der Waals surface area (Å²) < 4.78 is 5.31. The van der Waals surface area contributed by atoms with Gasteiger partial charge in [0.15, 0.2) is 0 Å². The molecule has 1 heterocycles. The molecule has 0 bridgehead atoms. The number of halogens is 2. The van der Waals surface area contributed by atoms with Crippen molar-refractivity contribution in [1.82, 2.24) is 15.3 Å². The van der Waals surface area contributed by atoms with Crippen LogP contribution >= 0.6 is 24.8 Å². The number of aromatic nitrogens is 2. The Balaban J connectivity index is 0. The van der Waals surface area contributed by atoms with E-state index in [9.17, 15) is 4.79 Å². The van der Waals surface area contributed by atoms with Crippen molar-refractivity contribution in [3.05, 3.63) is 18.2 Å². The zero-order valence-electron chi connectivity index (χ0n) is 13.5. The molecule has 2 N–H and O–H groups in total. The largest absolute Gasteiger partial charge is 0.465 e. The summed E-state index contributed by atoms with van der Waals surface area (Å²) in [6.07, 6.45) is 11.1. The van der Waals surface area contributed by atoms with Gasteiger partial charge in [-0.25, -0.2) is 4.98 Å². The molecule has 0 radical (unpaired) electrons. The van der Waals surface area contributed by atoms with Crippen LogP contribution in [0.2, 0.25) is 0 Å². The molecule has 0 saturated carbocycles. The van der Waals surface area contributed by atoms with Crippen LogP contribution < -0.4 is 5.32 Å². The molecule has 1 rings (SSSR count). The van der Waals surface area contributed by atoms with Crippen LogP contribution in [0.15, 0.2) is 12.5 Å². The van der Waals surface area contributed by atoms with Gasteiger partial charge in [-0.1, -0.05) is 39.0 Å². The fourth-order valence-electron chi connectivity index (χ4n) is 2.07. The number of esters is 1. The second-order valence-corrected chi connectivity index (χ2v) is 5.04. The number of carbonyl (C=O) groups is 1. The first kappa shape index (κ1) is 23.5. The molecule has 0 amide bonds. The highest BCUT2D eigenvalue weighted by molar-refractivity contribution is 5.85. The summed E-state index contributed by atoms with van der Waals surface area (Å²) in [4.78, 5) is 18.9. The number of rotatable bonds is 11. The quantitative estimate of drug-likeness (QED) is 0.473.